The number of rotatable bonds is 2. The van der Waals surface area contributed by atoms with Gasteiger partial charge in [0.15, 0.2) is 0 Å². The quantitative estimate of drug-likeness (QED) is 0.438. The summed E-state index contributed by atoms with van der Waals surface area (Å²) in [6, 6.07) is 0. The van der Waals surface area contributed by atoms with Crippen LogP contribution in [0.25, 0.3) is 0 Å². The first-order valence-corrected chi connectivity index (χ1v) is 5.73. The Hall–Kier alpha value is -3.30. The fourth-order valence-corrected chi connectivity index (χ4v) is 2.72. The van der Waals surface area contributed by atoms with Crippen molar-refractivity contribution in [3.05, 3.63) is 22.3 Å². The highest BCUT2D eigenvalue weighted by atomic mass is 16.6. The van der Waals surface area contributed by atoms with Gasteiger partial charge in [-0.05, 0) is 0 Å². The fourth-order valence-electron chi connectivity index (χ4n) is 2.72. The van der Waals surface area contributed by atoms with Crippen LogP contribution in [0.3, 0.4) is 0 Å². The molecule has 2 fully saturated rings. The average Bonchev–Trinajstić information content (AvgIpc) is 2.86. The van der Waals surface area contributed by atoms with Crippen molar-refractivity contribution >= 4 is 35.8 Å². The highest BCUT2D eigenvalue weighted by Gasteiger charge is 2.59. The van der Waals surface area contributed by atoms with Gasteiger partial charge in [0.25, 0.3) is 0 Å². The van der Waals surface area contributed by atoms with E-state index >= 15 is 0 Å². The lowest BCUT2D eigenvalue weighted by Crippen LogP contribution is -2.37. The maximum absolute atomic E-state index is 11.7. The number of hydrogen-bond donors (Lipinski definition) is 2. The van der Waals surface area contributed by atoms with E-state index in [0.29, 0.717) is 0 Å². The molecule has 2 N–H and O–H groups in total. The maximum atomic E-state index is 11.7. The summed E-state index contributed by atoms with van der Waals surface area (Å²) < 4.78 is 8.51. The van der Waals surface area contributed by atoms with Crippen LogP contribution in [0.5, 0.6) is 0 Å². The molecule has 2 aliphatic heterocycles. The molecular weight excluding hydrogens is 304 g/mol. The number of fused-ring (bicyclic) bond motifs is 2. The summed E-state index contributed by atoms with van der Waals surface area (Å²) in [4.78, 5) is 69.4. The van der Waals surface area contributed by atoms with Gasteiger partial charge < -0.3 is 19.7 Å². The number of carbonyl (C=O) groups is 6. The summed E-state index contributed by atoms with van der Waals surface area (Å²) in [5.74, 6) is -12.7. The minimum Gasteiger partial charge on any atom is -0.481 e. The van der Waals surface area contributed by atoms with Crippen LogP contribution in [0.4, 0.5) is 0 Å². The molecule has 10 heteroatoms. The molecule has 0 saturated carbocycles. The third-order valence-electron chi connectivity index (χ3n) is 3.50. The van der Waals surface area contributed by atoms with Gasteiger partial charge in [0.2, 0.25) is 0 Å². The monoisotopic (exact) mass is 308 g/mol. The van der Waals surface area contributed by atoms with Crippen molar-refractivity contribution in [3.8, 4) is 0 Å². The zero-order valence-corrected chi connectivity index (χ0v) is 10.3. The zero-order valence-electron chi connectivity index (χ0n) is 10.3. The van der Waals surface area contributed by atoms with E-state index in [4.69, 9.17) is 0 Å². The Labute approximate surface area is 119 Å². The standard InChI is InChI=1S/C12H4O10/c13-7(14)1-2(8(15)16)4-6(12(20)22-10(4)18)5-3(1)9(17)21-11(5)19/h1,3H,(H,13,14)(H,15,16). The molecule has 112 valence electrons. The molecule has 0 radical (unpaired) electrons. The van der Waals surface area contributed by atoms with Crippen LogP contribution in [0.15, 0.2) is 22.3 Å². The largest absolute Gasteiger partial charge is 0.481 e. The molecular formula is C12H4O10. The smallest absolute Gasteiger partial charge is 0.347 e. The third kappa shape index (κ3) is 1.48. The minimum absolute atomic E-state index is 0.659. The first-order chi connectivity index (χ1) is 10.3. The van der Waals surface area contributed by atoms with Gasteiger partial charge in [-0.25, -0.2) is 19.2 Å². The predicted octanol–water partition coefficient (Wildman–Crippen LogP) is -1.84. The summed E-state index contributed by atoms with van der Waals surface area (Å²) >= 11 is 0. The van der Waals surface area contributed by atoms with E-state index in [1.807, 2.05) is 0 Å². The van der Waals surface area contributed by atoms with Crippen LogP contribution in [-0.2, 0) is 38.2 Å². The van der Waals surface area contributed by atoms with Crippen molar-refractivity contribution in [2.75, 3.05) is 0 Å². The molecule has 0 amide bonds. The van der Waals surface area contributed by atoms with Crippen molar-refractivity contribution < 1.29 is 48.5 Å². The molecule has 0 aromatic heterocycles. The van der Waals surface area contributed by atoms with Gasteiger partial charge in [-0.1, -0.05) is 0 Å². The van der Waals surface area contributed by atoms with Crippen molar-refractivity contribution in [1.82, 2.24) is 0 Å². The Morgan fingerprint density at radius 1 is 0.864 bits per heavy atom. The van der Waals surface area contributed by atoms with E-state index < -0.39 is 69.9 Å². The number of esters is 4. The Kier molecular flexibility index (Phi) is 2.55. The predicted molar refractivity (Wildman–Crippen MR) is 58.5 cm³/mol. The van der Waals surface area contributed by atoms with Crippen LogP contribution in [0.1, 0.15) is 0 Å². The molecule has 0 spiro atoms. The second-order valence-corrected chi connectivity index (χ2v) is 4.56. The molecule has 3 aliphatic rings. The van der Waals surface area contributed by atoms with Gasteiger partial charge in [-0.2, -0.15) is 0 Å². The Morgan fingerprint density at radius 2 is 1.45 bits per heavy atom. The molecule has 10 nitrogen and oxygen atoms in total. The van der Waals surface area contributed by atoms with Gasteiger partial charge in [-0.15, -0.1) is 0 Å². The average molecular weight is 308 g/mol. The SMILES string of the molecule is O=C(O)C1=C2C(=O)OC(=O)C2=C2C(=O)OC(=O)C2C1C(=O)O. The highest BCUT2D eigenvalue weighted by molar-refractivity contribution is 6.27. The summed E-state index contributed by atoms with van der Waals surface area (Å²) in [5.41, 5.74) is -3.20. The molecule has 3 rings (SSSR count). The van der Waals surface area contributed by atoms with E-state index in [2.05, 4.69) is 9.47 Å². The van der Waals surface area contributed by atoms with Crippen LogP contribution in [0.2, 0.25) is 0 Å². The Bertz CT molecular complexity index is 780. The molecule has 0 aromatic carbocycles. The van der Waals surface area contributed by atoms with Gasteiger partial charge in [0, 0.05) is 0 Å². The van der Waals surface area contributed by atoms with Crippen LogP contribution >= 0.6 is 0 Å². The molecule has 0 aromatic rings. The summed E-state index contributed by atoms with van der Waals surface area (Å²) in [6.07, 6.45) is 0. The van der Waals surface area contributed by atoms with Crippen LogP contribution in [-0.4, -0.2) is 46.0 Å². The van der Waals surface area contributed by atoms with Gasteiger partial charge in [0.05, 0.1) is 22.3 Å². The molecule has 2 saturated heterocycles. The van der Waals surface area contributed by atoms with E-state index in [-0.39, 0.29) is 0 Å². The summed E-state index contributed by atoms with van der Waals surface area (Å²) in [6.45, 7) is 0. The summed E-state index contributed by atoms with van der Waals surface area (Å²) in [7, 11) is 0. The van der Waals surface area contributed by atoms with Gasteiger partial charge in [0.1, 0.15) is 11.8 Å². The highest BCUT2D eigenvalue weighted by Crippen LogP contribution is 2.46. The molecule has 2 unspecified atom stereocenters. The Balaban J connectivity index is 2.43. The first-order valence-electron chi connectivity index (χ1n) is 5.73. The number of ether oxygens (including phenoxy) is 2. The number of carboxylic acid groups (broad SMARTS) is 2. The van der Waals surface area contributed by atoms with Crippen molar-refractivity contribution in [3.63, 3.8) is 0 Å². The fraction of sp³-hybridized carbons (Fsp3) is 0.167. The number of carbonyl (C=O) groups excluding carboxylic acids is 4. The minimum atomic E-state index is -2.04. The van der Waals surface area contributed by atoms with E-state index in [1.165, 1.54) is 0 Å². The van der Waals surface area contributed by atoms with Crippen LogP contribution in [0, 0.1) is 11.8 Å². The normalized spacial score (nSPS) is 26.7. The second kappa shape index (κ2) is 4.10. The number of hydrogen-bond acceptors (Lipinski definition) is 8. The number of aliphatic carboxylic acids is 2. The van der Waals surface area contributed by atoms with E-state index in [0.717, 1.165) is 0 Å². The molecule has 1 aliphatic carbocycles. The first kappa shape index (κ1) is 13.7. The van der Waals surface area contributed by atoms with Crippen molar-refractivity contribution in [1.29, 1.82) is 0 Å². The lowest BCUT2D eigenvalue weighted by molar-refractivity contribution is -0.156. The number of cyclic esters (lactones) is 4. The molecule has 22 heavy (non-hydrogen) atoms. The lowest BCUT2D eigenvalue weighted by Gasteiger charge is -2.23. The van der Waals surface area contributed by atoms with Crippen molar-refractivity contribution in [2.24, 2.45) is 11.8 Å². The molecule has 2 atom stereocenters. The summed E-state index contributed by atoms with van der Waals surface area (Å²) in [5, 5.41) is 18.4. The zero-order chi connectivity index (χ0) is 16.3. The topological polar surface area (TPSA) is 161 Å². The second-order valence-electron chi connectivity index (χ2n) is 4.56. The van der Waals surface area contributed by atoms with Crippen LogP contribution < -0.4 is 0 Å². The Morgan fingerprint density at radius 3 is 2.00 bits per heavy atom. The van der Waals surface area contributed by atoms with E-state index in [1.54, 1.807) is 0 Å². The van der Waals surface area contributed by atoms with E-state index in [9.17, 15) is 39.0 Å². The van der Waals surface area contributed by atoms with Gasteiger partial charge in [-0.3, -0.25) is 9.59 Å². The lowest BCUT2D eigenvalue weighted by atomic mass is 9.72. The molecule has 2 heterocycles. The van der Waals surface area contributed by atoms with Crippen molar-refractivity contribution in [2.45, 2.75) is 0 Å². The van der Waals surface area contributed by atoms with Gasteiger partial charge >= 0.3 is 35.8 Å². The third-order valence-corrected chi connectivity index (χ3v) is 3.50. The molecule has 0 bridgehead atoms. The number of carboxylic acids is 2. The maximum Gasteiger partial charge on any atom is 0.347 e.